The Kier molecular flexibility index (Phi) is 17.4. The maximum Gasteiger partial charge on any atom is 0.403 e. The molecule has 50 heavy (non-hydrogen) atoms. The van der Waals surface area contributed by atoms with Crippen LogP contribution in [0.3, 0.4) is 0 Å². The summed E-state index contributed by atoms with van der Waals surface area (Å²) in [5.41, 5.74) is 6.31. The lowest BCUT2D eigenvalue weighted by Crippen LogP contribution is -2.58. The number of nitrogens with zero attached hydrogens (tertiary/aromatic N) is 1. The number of carbonyl (C=O) groups is 6. The summed E-state index contributed by atoms with van der Waals surface area (Å²) in [6.07, 6.45) is -1.46. The largest absolute Gasteiger partial charge is 0.403 e. The molecule has 1 aliphatic heterocycles. The van der Waals surface area contributed by atoms with Gasteiger partial charge in [-0.25, -0.2) is 4.79 Å². The van der Waals surface area contributed by atoms with Gasteiger partial charge in [-0.3, -0.25) is 34.2 Å². The SMILES string of the molecule is CC(C)[C@H](N[C@@H](CCCCCN1C(=O)C=CC1=O)C(F)(F)F)C(=O)N[C@@H](CCCNC(N)=O)C(=O)NCCCC(=O)Nc1ccc(CO)cc1. The smallest absolute Gasteiger partial charge is 0.392 e. The molecule has 278 valence electrons. The molecule has 0 saturated heterocycles. The number of amides is 7. The van der Waals surface area contributed by atoms with Crippen molar-refractivity contribution < 1.29 is 47.0 Å². The quantitative estimate of drug-likeness (QED) is 0.0697. The third kappa shape index (κ3) is 14.9. The molecule has 0 aromatic heterocycles. The zero-order valence-corrected chi connectivity index (χ0v) is 28.3. The highest BCUT2D eigenvalue weighted by Crippen LogP contribution is 2.26. The predicted octanol–water partition coefficient (Wildman–Crippen LogP) is 1.98. The number of unbranched alkanes of at least 4 members (excludes halogenated alkanes) is 2. The fraction of sp³-hybridized carbons (Fsp3) is 0.576. The lowest BCUT2D eigenvalue weighted by molar-refractivity contribution is -0.161. The highest BCUT2D eigenvalue weighted by molar-refractivity contribution is 6.12. The number of urea groups is 1. The monoisotopic (exact) mass is 711 g/mol. The van der Waals surface area contributed by atoms with Crippen molar-refractivity contribution in [3.63, 3.8) is 0 Å². The molecule has 14 nitrogen and oxygen atoms in total. The third-order valence-electron chi connectivity index (χ3n) is 7.90. The Morgan fingerprint density at radius 2 is 1.50 bits per heavy atom. The van der Waals surface area contributed by atoms with E-state index in [1.165, 1.54) is 0 Å². The fourth-order valence-corrected chi connectivity index (χ4v) is 5.12. The normalized spacial score (nSPS) is 14.7. The van der Waals surface area contributed by atoms with Crippen LogP contribution in [0.25, 0.3) is 0 Å². The number of aliphatic hydroxyl groups is 1. The van der Waals surface area contributed by atoms with Crippen LogP contribution in [-0.2, 0) is 30.6 Å². The van der Waals surface area contributed by atoms with Crippen molar-refractivity contribution >= 4 is 41.3 Å². The fourth-order valence-electron chi connectivity index (χ4n) is 5.12. The van der Waals surface area contributed by atoms with Crippen molar-refractivity contribution in [1.29, 1.82) is 0 Å². The van der Waals surface area contributed by atoms with Crippen LogP contribution in [0.4, 0.5) is 23.7 Å². The van der Waals surface area contributed by atoms with Crippen LogP contribution < -0.4 is 32.3 Å². The molecule has 0 radical (unpaired) electrons. The van der Waals surface area contributed by atoms with Gasteiger partial charge in [0.2, 0.25) is 17.7 Å². The van der Waals surface area contributed by atoms with Gasteiger partial charge in [-0.2, -0.15) is 13.2 Å². The minimum absolute atomic E-state index is 0.0350. The van der Waals surface area contributed by atoms with E-state index >= 15 is 0 Å². The Labute approximate surface area is 289 Å². The maximum absolute atomic E-state index is 14.1. The number of rotatable bonds is 22. The average Bonchev–Trinajstić information content (AvgIpc) is 3.37. The van der Waals surface area contributed by atoms with E-state index in [1.54, 1.807) is 38.1 Å². The molecule has 1 aromatic rings. The molecule has 1 heterocycles. The second-order valence-electron chi connectivity index (χ2n) is 12.3. The molecule has 1 aromatic carbocycles. The van der Waals surface area contributed by atoms with E-state index in [2.05, 4.69) is 26.6 Å². The van der Waals surface area contributed by atoms with Gasteiger partial charge in [-0.05, 0) is 55.7 Å². The highest BCUT2D eigenvalue weighted by atomic mass is 19.4. The van der Waals surface area contributed by atoms with E-state index in [0.717, 1.165) is 17.1 Å². The van der Waals surface area contributed by atoms with E-state index in [0.29, 0.717) is 24.1 Å². The van der Waals surface area contributed by atoms with E-state index in [1.807, 2.05) is 0 Å². The summed E-state index contributed by atoms with van der Waals surface area (Å²) in [4.78, 5) is 74.2. The van der Waals surface area contributed by atoms with Crippen LogP contribution >= 0.6 is 0 Å². The van der Waals surface area contributed by atoms with Gasteiger partial charge in [0.15, 0.2) is 0 Å². The first-order valence-electron chi connectivity index (χ1n) is 16.6. The molecule has 0 fully saturated rings. The van der Waals surface area contributed by atoms with E-state index in [4.69, 9.17) is 10.8 Å². The summed E-state index contributed by atoms with van der Waals surface area (Å²) < 4.78 is 42.2. The first kappa shape index (κ1) is 41.7. The molecule has 0 bridgehead atoms. The number of carbonyl (C=O) groups excluding carboxylic acids is 6. The first-order valence-corrected chi connectivity index (χ1v) is 16.6. The van der Waals surface area contributed by atoms with Crippen molar-refractivity contribution in [3.05, 3.63) is 42.0 Å². The van der Waals surface area contributed by atoms with Gasteiger partial charge in [0.25, 0.3) is 11.8 Å². The van der Waals surface area contributed by atoms with Gasteiger partial charge in [-0.1, -0.05) is 38.8 Å². The number of anilines is 1. The Hall–Kier alpha value is -4.51. The number of hydrogen-bond acceptors (Lipinski definition) is 8. The Balaban J connectivity index is 1.95. The van der Waals surface area contributed by atoms with Gasteiger partial charge in [0.05, 0.1) is 12.6 Å². The second kappa shape index (κ2) is 20.9. The van der Waals surface area contributed by atoms with Crippen molar-refractivity contribution in [2.24, 2.45) is 11.7 Å². The number of imide groups is 1. The number of nitrogens with two attached hydrogens (primary N) is 1. The summed E-state index contributed by atoms with van der Waals surface area (Å²) >= 11 is 0. The molecule has 0 saturated carbocycles. The molecule has 7 amide bonds. The summed E-state index contributed by atoms with van der Waals surface area (Å²) in [6.45, 7) is 3.26. The van der Waals surface area contributed by atoms with E-state index in [-0.39, 0.29) is 70.7 Å². The van der Waals surface area contributed by atoms with Gasteiger partial charge >= 0.3 is 12.2 Å². The lowest BCUT2D eigenvalue weighted by Gasteiger charge is -2.30. The molecule has 3 atom stereocenters. The maximum atomic E-state index is 14.1. The Morgan fingerprint density at radius 1 is 0.860 bits per heavy atom. The van der Waals surface area contributed by atoms with Gasteiger partial charge in [0.1, 0.15) is 12.1 Å². The van der Waals surface area contributed by atoms with Gasteiger partial charge < -0.3 is 32.1 Å². The third-order valence-corrected chi connectivity index (χ3v) is 7.90. The Morgan fingerprint density at radius 3 is 2.08 bits per heavy atom. The van der Waals surface area contributed by atoms with Crippen LogP contribution in [0.5, 0.6) is 0 Å². The zero-order chi connectivity index (χ0) is 37.3. The van der Waals surface area contributed by atoms with Crippen molar-refractivity contribution in [3.8, 4) is 0 Å². The topological polar surface area (TPSA) is 212 Å². The average molecular weight is 712 g/mol. The summed E-state index contributed by atoms with van der Waals surface area (Å²) in [5.74, 6) is -3.26. The standard InChI is InChI=1S/C33H48F3N7O7/c1-21(2)29(42-25(33(34,35)36)9-4-3-5-19-43-27(46)15-16-28(43)47)31(49)41-24(8-6-18-39-32(37)50)30(48)38-17-7-10-26(45)40-23-13-11-22(20-44)12-14-23/h11-16,21,24-25,29,42,44H,3-10,17-20H2,1-2H3,(H,38,48)(H,40,45)(H,41,49)(H3,37,39,50)/t24-,25-,29-/m0/s1. The Bertz CT molecular complexity index is 1320. The molecular formula is C33H48F3N7O7. The van der Waals surface area contributed by atoms with E-state index < -0.39 is 59.9 Å². The predicted molar refractivity (Wildman–Crippen MR) is 178 cm³/mol. The van der Waals surface area contributed by atoms with Crippen LogP contribution in [0.15, 0.2) is 36.4 Å². The number of aliphatic hydroxyl groups excluding tert-OH is 1. The van der Waals surface area contributed by atoms with Crippen molar-refractivity contribution in [2.75, 3.05) is 25.0 Å². The number of halogens is 3. The van der Waals surface area contributed by atoms with Crippen molar-refractivity contribution in [2.45, 2.75) is 96.1 Å². The molecular weight excluding hydrogens is 663 g/mol. The molecule has 8 N–H and O–H groups in total. The number of hydrogen-bond donors (Lipinski definition) is 7. The van der Waals surface area contributed by atoms with Crippen molar-refractivity contribution in [1.82, 2.24) is 26.2 Å². The molecule has 17 heteroatoms. The number of alkyl halides is 3. The zero-order valence-electron chi connectivity index (χ0n) is 28.3. The van der Waals surface area contributed by atoms with E-state index in [9.17, 15) is 41.9 Å². The number of benzene rings is 1. The van der Waals surface area contributed by atoms with Gasteiger partial charge in [0, 0.05) is 43.9 Å². The first-order chi connectivity index (χ1) is 23.6. The summed E-state index contributed by atoms with van der Waals surface area (Å²) in [5, 5.41) is 21.9. The molecule has 0 unspecified atom stereocenters. The summed E-state index contributed by atoms with van der Waals surface area (Å²) in [6, 6.07) is 1.32. The molecule has 0 aliphatic carbocycles. The second-order valence-corrected chi connectivity index (χ2v) is 12.3. The summed E-state index contributed by atoms with van der Waals surface area (Å²) in [7, 11) is 0. The van der Waals surface area contributed by atoms with Crippen LogP contribution in [0, 0.1) is 5.92 Å². The van der Waals surface area contributed by atoms with Crippen LogP contribution in [0.1, 0.15) is 70.8 Å². The minimum Gasteiger partial charge on any atom is -0.392 e. The molecule has 0 spiro atoms. The number of primary amides is 1. The minimum atomic E-state index is -4.69. The molecule has 1 aliphatic rings. The van der Waals surface area contributed by atoms with Crippen LogP contribution in [0.2, 0.25) is 0 Å². The lowest BCUT2D eigenvalue weighted by atomic mass is 9.99. The van der Waals surface area contributed by atoms with Gasteiger partial charge in [-0.15, -0.1) is 0 Å². The number of nitrogens with one attached hydrogen (secondary N) is 5. The molecule has 2 rings (SSSR count). The highest BCUT2D eigenvalue weighted by Gasteiger charge is 2.42. The van der Waals surface area contributed by atoms with Crippen LogP contribution in [-0.4, -0.2) is 89.5 Å².